The molecule has 0 N–H and O–H groups in total. The van der Waals surface area contributed by atoms with Crippen LogP contribution in [0.3, 0.4) is 0 Å². The molecule has 124 valence electrons. The Bertz CT molecular complexity index is 582. The Labute approximate surface area is 146 Å². The molecule has 0 bridgehead atoms. The van der Waals surface area contributed by atoms with Crippen molar-refractivity contribution in [3.05, 3.63) is 59.7 Å². The Balaban J connectivity index is 2.49. The van der Waals surface area contributed by atoms with Gasteiger partial charge < -0.3 is 22.1 Å². The van der Waals surface area contributed by atoms with Crippen LogP contribution in [-0.2, 0) is 17.4 Å². The zero-order valence-corrected chi connectivity index (χ0v) is 16.2. The normalized spacial score (nSPS) is 12.1. The van der Waals surface area contributed by atoms with Crippen LogP contribution in [0.5, 0.6) is 11.5 Å². The fraction of sp³-hybridized carbons (Fsp3) is 0.368. The number of ether oxygens (including phenoxy) is 2. The van der Waals surface area contributed by atoms with Gasteiger partial charge in [0.25, 0.3) is 0 Å². The summed E-state index contributed by atoms with van der Waals surface area (Å²) in [4.78, 5) is 0. The highest BCUT2D eigenvalue weighted by Gasteiger charge is 2.31. The zero-order valence-electron chi connectivity index (χ0n) is 14.5. The maximum absolute atomic E-state index is 6.19. The van der Waals surface area contributed by atoms with Gasteiger partial charge in [-0.15, -0.1) is 0 Å². The van der Waals surface area contributed by atoms with Crippen LogP contribution in [0.1, 0.15) is 11.1 Å². The molecule has 0 fully saturated rings. The second-order valence-electron chi connectivity index (χ2n) is 6.73. The lowest BCUT2D eigenvalue weighted by molar-refractivity contribution is 0.414. The van der Waals surface area contributed by atoms with Crippen LogP contribution in [0.15, 0.2) is 48.5 Å². The summed E-state index contributed by atoms with van der Waals surface area (Å²) in [6.07, 6.45) is 0.980. The average molecular weight is 348 g/mol. The number of hydrogen-bond acceptors (Lipinski definition) is 3. The number of rotatable bonds is 6. The van der Waals surface area contributed by atoms with Crippen molar-refractivity contribution in [2.75, 3.05) is 40.4 Å². The van der Waals surface area contributed by atoms with Crippen LogP contribution >= 0.6 is 7.26 Å². The first-order valence-electron chi connectivity index (χ1n) is 7.58. The number of benzene rings is 2. The Morgan fingerprint density at radius 3 is 1.39 bits per heavy atom. The highest BCUT2D eigenvalue weighted by Crippen LogP contribution is 2.53. The monoisotopic (exact) mass is 348 g/mol. The van der Waals surface area contributed by atoms with E-state index >= 15 is 0 Å². The van der Waals surface area contributed by atoms with Crippen molar-refractivity contribution in [2.24, 2.45) is 0 Å². The second-order valence-corrected chi connectivity index (χ2v) is 12.3. The Morgan fingerprint density at radius 1 is 0.783 bits per heavy atom. The maximum atomic E-state index is 6.19. The fourth-order valence-electron chi connectivity index (χ4n) is 2.74. The molecule has 0 spiro atoms. The molecule has 23 heavy (non-hydrogen) atoms. The van der Waals surface area contributed by atoms with Crippen LogP contribution in [0.25, 0.3) is 0 Å². The van der Waals surface area contributed by atoms with Crippen LogP contribution in [0.2, 0.25) is 0 Å². The highest BCUT2D eigenvalue weighted by atomic mass is 32.1. The molecule has 0 unspecified atom stereocenters. The molecule has 0 aliphatic rings. The molecule has 2 nitrogen and oxygen atoms in total. The van der Waals surface area contributed by atoms with Gasteiger partial charge in [0.05, 0.1) is 20.4 Å². The summed E-state index contributed by atoms with van der Waals surface area (Å²) in [5, 5.41) is 0. The third-order valence-electron chi connectivity index (χ3n) is 3.81. The average Bonchev–Trinajstić information content (AvgIpc) is 2.53. The molecular formula is C19H25O2PS. The van der Waals surface area contributed by atoms with Crippen molar-refractivity contribution >= 4 is 19.9 Å². The lowest BCUT2D eigenvalue weighted by atomic mass is 9.91. The molecule has 0 aliphatic heterocycles. The van der Waals surface area contributed by atoms with E-state index in [-0.39, 0.29) is 0 Å². The van der Waals surface area contributed by atoms with Crippen molar-refractivity contribution in [3.8, 4) is 11.5 Å². The summed E-state index contributed by atoms with van der Waals surface area (Å²) in [5.41, 5.74) is 2.29. The predicted molar refractivity (Wildman–Crippen MR) is 104 cm³/mol. The van der Waals surface area contributed by atoms with Crippen LogP contribution in [-0.4, -0.2) is 40.4 Å². The van der Waals surface area contributed by atoms with Crippen molar-refractivity contribution in [2.45, 2.75) is 4.75 Å². The Morgan fingerprint density at radius 2 is 1.13 bits per heavy atom. The van der Waals surface area contributed by atoms with Crippen LogP contribution < -0.4 is 9.47 Å². The quantitative estimate of drug-likeness (QED) is 0.569. The van der Waals surface area contributed by atoms with Gasteiger partial charge in [0, 0.05) is 27.3 Å². The molecule has 0 aliphatic carbocycles. The van der Waals surface area contributed by atoms with E-state index in [1.165, 1.54) is 0 Å². The van der Waals surface area contributed by atoms with E-state index < -0.39 is 12.0 Å². The van der Waals surface area contributed by atoms with Crippen molar-refractivity contribution in [1.82, 2.24) is 0 Å². The minimum atomic E-state index is -1.07. The number of methoxy groups -OCH3 is 2. The minimum Gasteiger partial charge on any atom is -0.773 e. The van der Waals surface area contributed by atoms with Gasteiger partial charge in [0.1, 0.15) is 11.5 Å². The van der Waals surface area contributed by atoms with E-state index in [0.29, 0.717) is 0 Å². The summed E-state index contributed by atoms with van der Waals surface area (Å²) in [6.45, 7) is 7.00. The highest BCUT2D eigenvalue weighted by molar-refractivity contribution is 7.75. The van der Waals surface area contributed by atoms with Crippen LogP contribution in [0.4, 0.5) is 0 Å². The third kappa shape index (κ3) is 4.43. The van der Waals surface area contributed by atoms with Gasteiger partial charge in [0.2, 0.25) is 0 Å². The van der Waals surface area contributed by atoms with Gasteiger partial charge in [-0.05, 0) is 24.3 Å². The molecule has 0 aromatic heterocycles. The van der Waals surface area contributed by atoms with Crippen LogP contribution in [0, 0.1) is 0 Å². The largest absolute Gasteiger partial charge is 0.773 e. The van der Waals surface area contributed by atoms with E-state index in [2.05, 4.69) is 44.3 Å². The standard InChI is InChI=1S/C19H25O2PS/c1-20-17-10-6-15(7-11-17)19(23,14-22(3,4)5)16-8-12-18(21-2)13-9-16/h6-13H,14H2,1-5H3. The summed E-state index contributed by atoms with van der Waals surface area (Å²) in [6, 6.07) is 16.3. The summed E-state index contributed by atoms with van der Waals surface area (Å²) >= 11 is 6.19. The lowest BCUT2D eigenvalue weighted by Crippen LogP contribution is -2.30. The SMILES string of the molecule is COc1ccc(C([S-])(C[P+](C)(C)C)c2ccc(OC)cc2)cc1. The lowest BCUT2D eigenvalue weighted by Gasteiger charge is -2.43. The first-order valence-corrected chi connectivity index (χ1v) is 11.3. The zero-order chi connectivity index (χ0) is 17.1. The van der Waals surface area contributed by atoms with Gasteiger partial charge in [-0.25, -0.2) is 0 Å². The molecule has 2 aromatic carbocycles. The Kier molecular flexibility index (Phi) is 5.65. The van der Waals surface area contributed by atoms with Gasteiger partial charge in [-0.3, -0.25) is 0 Å². The van der Waals surface area contributed by atoms with Crippen molar-refractivity contribution in [1.29, 1.82) is 0 Å². The third-order valence-corrected chi connectivity index (χ3v) is 6.06. The van der Waals surface area contributed by atoms with E-state index in [9.17, 15) is 0 Å². The molecule has 0 saturated carbocycles. The van der Waals surface area contributed by atoms with E-state index in [1.54, 1.807) is 14.2 Å². The van der Waals surface area contributed by atoms with E-state index in [1.807, 2.05) is 24.3 Å². The number of hydrogen-bond donors (Lipinski definition) is 0. The van der Waals surface area contributed by atoms with Gasteiger partial charge in [0.15, 0.2) is 0 Å². The fourth-order valence-corrected chi connectivity index (χ4v) is 5.87. The van der Waals surface area contributed by atoms with Gasteiger partial charge in [-0.2, -0.15) is 0 Å². The van der Waals surface area contributed by atoms with Gasteiger partial charge in [-0.1, -0.05) is 40.1 Å². The molecule has 4 heteroatoms. The topological polar surface area (TPSA) is 18.5 Å². The van der Waals surface area contributed by atoms with Crippen molar-refractivity contribution in [3.63, 3.8) is 0 Å². The van der Waals surface area contributed by atoms with E-state index in [4.69, 9.17) is 22.1 Å². The smallest absolute Gasteiger partial charge is 0.118 e. The first kappa shape index (κ1) is 18.2. The summed E-state index contributed by atoms with van der Waals surface area (Å²) in [5.74, 6) is 1.71. The van der Waals surface area contributed by atoms with Gasteiger partial charge >= 0.3 is 0 Å². The molecule has 0 amide bonds. The predicted octanol–water partition coefficient (Wildman–Crippen LogP) is 4.40. The molecule has 2 rings (SSSR count). The maximum Gasteiger partial charge on any atom is 0.118 e. The van der Waals surface area contributed by atoms with Crippen molar-refractivity contribution < 1.29 is 9.47 Å². The first-order chi connectivity index (χ1) is 10.8. The minimum absolute atomic E-state index is 0.426. The Hall–Kier alpha value is -1.18. The molecule has 2 aromatic rings. The molecule has 0 heterocycles. The second kappa shape index (κ2) is 7.15. The molecule has 0 atom stereocenters. The summed E-state index contributed by atoms with van der Waals surface area (Å²) < 4.78 is 10.1. The van der Waals surface area contributed by atoms with E-state index in [0.717, 1.165) is 28.8 Å². The molecular weight excluding hydrogens is 323 g/mol. The molecule has 0 saturated heterocycles. The molecule has 0 radical (unpaired) electrons. The summed E-state index contributed by atoms with van der Waals surface area (Å²) in [7, 11) is 2.29.